The summed E-state index contributed by atoms with van der Waals surface area (Å²) >= 11 is 0. The van der Waals surface area contributed by atoms with Crippen LogP contribution in [0.2, 0.25) is 0 Å². The summed E-state index contributed by atoms with van der Waals surface area (Å²) in [5.41, 5.74) is 0.683. The van der Waals surface area contributed by atoms with E-state index in [9.17, 15) is 13.5 Å². The first kappa shape index (κ1) is 23.5. The molecule has 1 N–H and O–H groups in total. The largest absolute Gasteiger partial charge is 0.497 e. The third kappa shape index (κ3) is 8.23. The van der Waals surface area contributed by atoms with Gasteiger partial charge >= 0.3 is 0 Å². The van der Waals surface area contributed by atoms with Gasteiger partial charge in [-0.25, -0.2) is 8.42 Å². The molecule has 1 aliphatic heterocycles. The van der Waals surface area contributed by atoms with E-state index in [1.54, 1.807) is 13.2 Å². The number of nitrogens with zero attached hydrogens (tertiary/aromatic N) is 2. The van der Waals surface area contributed by atoms with E-state index in [2.05, 4.69) is 11.8 Å². The number of β-amino-alcohol motifs (C(OH)–C–C–N with tert-alkyl or cyclic N) is 1. The third-order valence-corrected chi connectivity index (χ3v) is 5.71. The van der Waals surface area contributed by atoms with Crippen LogP contribution in [-0.2, 0) is 10.0 Å². The lowest BCUT2D eigenvalue weighted by molar-refractivity contribution is 0.0569. The van der Waals surface area contributed by atoms with Crippen molar-refractivity contribution in [3.63, 3.8) is 0 Å². The highest BCUT2D eigenvalue weighted by Gasteiger charge is 2.24. The van der Waals surface area contributed by atoms with Crippen molar-refractivity contribution in [3.8, 4) is 23.3 Å². The van der Waals surface area contributed by atoms with Crippen molar-refractivity contribution in [1.29, 1.82) is 0 Å². The molecule has 0 saturated carbocycles. The first-order chi connectivity index (χ1) is 13.5. The summed E-state index contributed by atoms with van der Waals surface area (Å²) in [6.45, 7) is 8.77. The Morgan fingerprint density at radius 2 is 1.76 bits per heavy atom. The van der Waals surface area contributed by atoms with Crippen molar-refractivity contribution in [2.45, 2.75) is 26.9 Å². The molecule has 1 saturated heterocycles. The number of benzene rings is 1. The average Bonchev–Trinajstić information content (AvgIpc) is 2.64. The van der Waals surface area contributed by atoms with Gasteiger partial charge < -0.3 is 14.6 Å². The lowest BCUT2D eigenvalue weighted by Crippen LogP contribution is -2.50. The van der Waals surface area contributed by atoms with Crippen molar-refractivity contribution >= 4 is 10.0 Å². The molecule has 0 spiro atoms. The Labute approximate surface area is 174 Å². The summed E-state index contributed by atoms with van der Waals surface area (Å²) in [5, 5.41) is 10.3. The van der Waals surface area contributed by atoms with Gasteiger partial charge in [0.25, 0.3) is 0 Å². The minimum atomic E-state index is -3.15. The SMILES string of the molecule is COc1cc(C#CC(C)(C)C)cc(OCC(O)CN2CCN(S(C)(=O)=O)CC2)c1. The fraction of sp³-hybridized carbons (Fsp3) is 0.619. The minimum absolute atomic E-state index is 0.110. The molecule has 8 heteroatoms. The Bertz CT molecular complexity index is 844. The van der Waals surface area contributed by atoms with Gasteiger partial charge in [0.05, 0.1) is 13.4 Å². The molecule has 1 unspecified atom stereocenters. The van der Waals surface area contributed by atoms with E-state index in [4.69, 9.17) is 9.47 Å². The van der Waals surface area contributed by atoms with Crippen LogP contribution in [0.3, 0.4) is 0 Å². The zero-order chi connectivity index (χ0) is 21.7. The van der Waals surface area contributed by atoms with E-state index in [1.165, 1.54) is 10.6 Å². The molecule has 162 valence electrons. The quantitative estimate of drug-likeness (QED) is 0.667. The van der Waals surface area contributed by atoms with Crippen LogP contribution < -0.4 is 9.47 Å². The van der Waals surface area contributed by atoms with E-state index in [0.29, 0.717) is 44.2 Å². The monoisotopic (exact) mass is 424 g/mol. The molecule has 1 fully saturated rings. The van der Waals surface area contributed by atoms with Gasteiger partial charge in [0.1, 0.15) is 24.2 Å². The highest BCUT2D eigenvalue weighted by Crippen LogP contribution is 2.23. The molecule has 1 aliphatic rings. The van der Waals surface area contributed by atoms with Gasteiger partial charge in [0, 0.05) is 49.8 Å². The standard InChI is InChI=1S/C21H32N2O5S/c1-21(2,3)7-6-17-12-19(27-4)14-20(13-17)28-16-18(24)15-22-8-10-23(11-9-22)29(5,25)26/h12-14,18,24H,8-11,15-16H2,1-5H3. The Hall–Kier alpha value is -1.79. The second kappa shape index (κ2) is 9.81. The third-order valence-electron chi connectivity index (χ3n) is 4.41. The van der Waals surface area contributed by atoms with Gasteiger partial charge in [-0.2, -0.15) is 4.31 Å². The maximum atomic E-state index is 11.6. The van der Waals surface area contributed by atoms with Gasteiger partial charge in [0.15, 0.2) is 0 Å². The second-order valence-electron chi connectivity index (χ2n) is 8.32. The van der Waals surface area contributed by atoms with Gasteiger partial charge in [-0.15, -0.1) is 0 Å². The highest BCUT2D eigenvalue weighted by molar-refractivity contribution is 7.88. The van der Waals surface area contributed by atoms with Crippen molar-refractivity contribution < 1.29 is 23.0 Å². The van der Waals surface area contributed by atoms with E-state index in [0.717, 1.165) is 5.56 Å². The Morgan fingerprint density at radius 3 is 2.31 bits per heavy atom. The Kier molecular flexibility index (Phi) is 7.94. The maximum Gasteiger partial charge on any atom is 0.211 e. The molecule has 0 radical (unpaired) electrons. The van der Waals surface area contributed by atoms with Crippen LogP contribution in [0.25, 0.3) is 0 Å². The van der Waals surface area contributed by atoms with Gasteiger partial charge in [-0.3, -0.25) is 4.90 Å². The van der Waals surface area contributed by atoms with Gasteiger partial charge in [-0.05, 0) is 32.9 Å². The molecule has 7 nitrogen and oxygen atoms in total. The van der Waals surface area contributed by atoms with E-state index in [-0.39, 0.29) is 12.0 Å². The maximum absolute atomic E-state index is 11.6. The number of rotatable bonds is 7. The molecule has 0 amide bonds. The van der Waals surface area contributed by atoms with Crippen LogP contribution in [0, 0.1) is 17.3 Å². The number of ether oxygens (including phenoxy) is 2. The smallest absolute Gasteiger partial charge is 0.211 e. The van der Waals surface area contributed by atoms with Gasteiger partial charge in [-0.1, -0.05) is 11.8 Å². The van der Waals surface area contributed by atoms with Crippen LogP contribution in [-0.4, -0.2) is 81.5 Å². The van der Waals surface area contributed by atoms with Crippen LogP contribution >= 0.6 is 0 Å². The number of sulfonamides is 1. The van der Waals surface area contributed by atoms with E-state index >= 15 is 0 Å². The summed E-state index contributed by atoms with van der Waals surface area (Å²) in [6.07, 6.45) is 0.537. The normalized spacial score (nSPS) is 17.3. The van der Waals surface area contributed by atoms with Gasteiger partial charge in [0.2, 0.25) is 10.0 Å². The molecule has 0 aromatic heterocycles. The van der Waals surface area contributed by atoms with E-state index < -0.39 is 16.1 Å². The molecule has 1 aromatic rings. The molecule has 29 heavy (non-hydrogen) atoms. The molecule has 2 rings (SSSR count). The summed E-state index contributed by atoms with van der Waals surface area (Å²) < 4.78 is 35.7. The number of hydrogen-bond donors (Lipinski definition) is 1. The summed E-state index contributed by atoms with van der Waals surface area (Å²) in [5.74, 6) is 7.55. The molecule has 0 bridgehead atoms. The molecule has 0 aliphatic carbocycles. The summed E-state index contributed by atoms with van der Waals surface area (Å²) in [6, 6.07) is 5.45. The lowest BCUT2D eigenvalue weighted by atomic mass is 9.97. The fourth-order valence-corrected chi connectivity index (χ4v) is 3.72. The number of aliphatic hydroxyl groups is 1. The topological polar surface area (TPSA) is 79.3 Å². The molecule has 1 atom stereocenters. The lowest BCUT2D eigenvalue weighted by Gasteiger charge is -2.34. The van der Waals surface area contributed by atoms with Crippen LogP contribution in [0.15, 0.2) is 18.2 Å². The first-order valence-corrected chi connectivity index (χ1v) is 11.5. The van der Waals surface area contributed by atoms with Crippen molar-refractivity contribution in [2.75, 3.05) is 52.7 Å². The highest BCUT2D eigenvalue weighted by atomic mass is 32.2. The molecular formula is C21H32N2O5S. The molecule has 1 heterocycles. The van der Waals surface area contributed by atoms with Crippen molar-refractivity contribution in [2.24, 2.45) is 5.41 Å². The van der Waals surface area contributed by atoms with Crippen LogP contribution in [0.4, 0.5) is 0 Å². The van der Waals surface area contributed by atoms with E-state index in [1.807, 2.05) is 37.8 Å². The number of hydrogen-bond acceptors (Lipinski definition) is 6. The minimum Gasteiger partial charge on any atom is -0.497 e. The number of piperazine rings is 1. The summed E-state index contributed by atoms with van der Waals surface area (Å²) in [7, 11) is -1.56. The predicted molar refractivity (Wildman–Crippen MR) is 114 cm³/mol. The second-order valence-corrected chi connectivity index (χ2v) is 10.3. The zero-order valence-corrected chi connectivity index (χ0v) is 18.8. The van der Waals surface area contributed by atoms with Crippen molar-refractivity contribution in [3.05, 3.63) is 23.8 Å². The molecular weight excluding hydrogens is 392 g/mol. The number of aliphatic hydroxyl groups excluding tert-OH is 1. The van der Waals surface area contributed by atoms with Crippen molar-refractivity contribution in [1.82, 2.24) is 9.21 Å². The first-order valence-electron chi connectivity index (χ1n) is 9.67. The average molecular weight is 425 g/mol. The van der Waals surface area contributed by atoms with Crippen LogP contribution in [0.5, 0.6) is 11.5 Å². The zero-order valence-electron chi connectivity index (χ0n) is 17.9. The Morgan fingerprint density at radius 1 is 1.14 bits per heavy atom. The van der Waals surface area contributed by atoms with Crippen LogP contribution in [0.1, 0.15) is 26.3 Å². The Balaban J connectivity index is 1.91. The molecule has 1 aromatic carbocycles. The number of methoxy groups -OCH3 is 1. The fourth-order valence-electron chi connectivity index (χ4n) is 2.89. The predicted octanol–water partition coefficient (Wildman–Crippen LogP) is 1.41. The summed E-state index contributed by atoms with van der Waals surface area (Å²) in [4.78, 5) is 2.04.